The summed E-state index contributed by atoms with van der Waals surface area (Å²) in [5, 5.41) is 8.75. The number of fused-ring (bicyclic) bond motifs is 1. The normalized spacial score (nSPS) is 17.1. The van der Waals surface area contributed by atoms with Crippen molar-refractivity contribution in [1.82, 2.24) is 9.29 Å². The number of hydrogen-bond acceptors (Lipinski definition) is 5. The average Bonchev–Trinajstić information content (AvgIpc) is 2.56. The van der Waals surface area contributed by atoms with Gasteiger partial charge in [0.25, 0.3) is 15.9 Å². The lowest BCUT2D eigenvalue weighted by Crippen LogP contribution is -2.35. The minimum atomic E-state index is -3.96. The number of rotatable bonds is 4. The van der Waals surface area contributed by atoms with Crippen molar-refractivity contribution in [1.29, 1.82) is 0 Å². The highest BCUT2D eigenvalue weighted by Crippen LogP contribution is 2.30. The highest BCUT2D eigenvalue weighted by molar-refractivity contribution is 7.90. The van der Waals surface area contributed by atoms with E-state index in [0.29, 0.717) is 4.31 Å². The lowest BCUT2D eigenvalue weighted by molar-refractivity contribution is -0.147. The van der Waals surface area contributed by atoms with E-state index in [9.17, 15) is 18.0 Å². The highest BCUT2D eigenvalue weighted by atomic mass is 32.2. The van der Waals surface area contributed by atoms with Gasteiger partial charge in [0.05, 0.1) is 11.0 Å². The third-order valence-electron chi connectivity index (χ3n) is 3.28. The van der Waals surface area contributed by atoms with Gasteiger partial charge in [-0.15, -0.1) is 0 Å². The predicted molar refractivity (Wildman–Crippen MR) is 68.5 cm³/mol. The number of carboxylic acids is 1. The second-order valence-corrected chi connectivity index (χ2v) is 6.96. The Bertz CT molecular complexity index is 681. The maximum Gasteiger partial charge on any atom is 0.309 e. The van der Waals surface area contributed by atoms with Crippen LogP contribution in [0.15, 0.2) is 23.4 Å². The van der Waals surface area contributed by atoms with Gasteiger partial charge in [-0.2, -0.15) is 8.42 Å². The number of carboxylic acid groups (broad SMARTS) is 1. The van der Waals surface area contributed by atoms with Gasteiger partial charge in [-0.1, -0.05) is 0 Å². The van der Waals surface area contributed by atoms with Gasteiger partial charge in [0.2, 0.25) is 0 Å². The Kier molecular flexibility index (Phi) is 3.29. The molecule has 0 saturated carbocycles. The number of sulfonamides is 1. The molecule has 0 aliphatic carbocycles. The average molecular weight is 298 g/mol. The molecule has 2 rings (SSSR count). The third-order valence-corrected chi connectivity index (χ3v) is 5.02. The van der Waals surface area contributed by atoms with Crippen LogP contribution in [0.3, 0.4) is 0 Å². The fourth-order valence-electron chi connectivity index (χ4n) is 1.82. The smallest absolute Gasteiger partial charge is 0.309 e. The van der Waals surface area contributed by atoms with E-state index in [-0.39, 0.29) is 23.6 Å². The van der Waals surface area contributed by atoms with Crippen LogP contribution in [0.1, 0.15) is 30.6 Å². The highest BCUT2D eigenvalue weighted by Gasteiger charge is 2.43. The van der Waals surface area contributed by atoms with E-state index in [0.717, 1.165) is 0 Å². The molecule has 108 valence electrons. The first-order valence-electron chi connectivity index (χ1n) is 5.93. The molecule has 1 aliphatic rings. The van der Waals surface area contributed by atoms with Crippen LogP contribution < -0.4 is 0 Å². The van der Waals surface area contributed by atoms with E-state index in [1.807, 2.05) is 0 Å². The molecule has 0 radical (unpaired) electrons. The zero-order chi connectivity index (χ0) is 15.1. The van der Waals surface area contributed by atoms with Gasteiger partial charge in [-0.3, -0.25) is 9.59 Å². The van der Waals surface area contributed by atoms with E-state index in [4.69, 9.17) is 5.11 Å². The third kappa shape index (κ3) is 2.15. The van der Waals surface area contributed by atoms with Gasteiger partial charge in [-0.05, 0) is 32.4 Å². The molecule has 0 atom stereocenters. The van der Waals surface area contributed by atoms with Crippen LogP contribution in [-0.2, 0) is 14.8 Å². The second kappa shape index (κ2) is 4.55. The van der Waals surface area contributed by atoms with Gasteiger partial charge < -0.3 is 5.11 Å². The van der Waals surface area contributed by atoms with Crippen molar-refractivity contribution >= 4 is 21.9 Å². The monoisotopic (exact) mass is 298 g/mol. The van der Waals surface area contributed by atoms with Crippen molar-refractivity contribution in [2.24, 2.45) is 5.41 Å². The van der Waals surface area contributed by atoms with Crippen LogP contribution in [0.25, 0.3) is 0 Å². The first-order valence-corrected chi connectivity index (χ1v) is 7.37. The molecule has 20 heavy (non-hydrogen) atoms. The molecule has 0 saturated heterocycles. The Labute approximate surface area is 116 Å². The summed E-state index contributed by atoms with van der Waals surface area (Å²) in [7, 11) is -3.96. The number of carbonyl (C=O) groups is 2. The van der Waals surface area contributed by atoms with E-state index in [2.05, 4.69) is 4.98 Å². The van der Waals surface area contributed by atoms with Gasteiger partial charge in [0, 0.05) is 12.7 Å². The number of hydrogen-bond donors (Lipinski definition) is 1. The minimum absolute atomic E-state index is 0.0284. The van der Waals surface area contributed by atoms with Crippen molar-refractivity contribution in [2.45, 2.75) is 25.3 Å². The van der Waals surface area contributed by atoms with E-state index < -0.39 is 27.3 Å². The van der Waals surface area contributed by atoms with Crippen LogP contribution in [-0.4, -0.2) is 41.2 Å². The molecule has 1 aromatic rings. The summed E-state index contributed by atoms with van der Waals surface area (Å²) < 4.78 is 25.0. The quantitative estimate of drug-likeness (QED) is 0.878. The summed E-state index contributed by atoms with van der Waals surface area (Å²) in [4.78, 5) is 26.8. The second-order valence-electron chi connectivity index (χ2n) is 5.18. The summed E-state index contributed by atoms with van der Waals surface area (Å²) in [6, 6.07) is 2.88. The number of nitrogens with zero attached hydrogens (tertiary/aromatic N) is 2. The van der Waals surface area contributed by atoms with Crippen LogP contribution in [0.2, 0.25) is 0 Å². The van der Waals surface area contributed by atoms with Gasteiger partial charge in [0.15, 0.2) is 5.03 Å². The molecule has 0 spiro atoms. The SMILES string of the molecule is CC(C)(CCN1C(=O)c2cccnc2S1(=O)=O)C(=O)O. The van der Waals surface area contributed by atoms with Crippen LogP contribution in [0, 0.1) is 5.41 Å². The lowest BCUT2D eigenvalue weighted by atomic mass is 9.90. The molecule has 7 nitrogen and oxygen atoms in total. The van der Waals surface area contributed by atoms with Crippen molar-refractivity contribution in [2.75, 3.05) is 6.54 Å². The molecular formula is C12H14N2O5S. The number of amides is 1. The molecule has 0 fully saturated rings. The molecule has 8 heteroatoms. The lowest BCUT2D eigenvalue weighted by Gasteiger charge is -2.22. The Hall–Kier alpha value is -1.96. The largest absolute Gasteiger partial charge is 0.481 e. The number of aromatic nitrogens is 1. The summed E-state index contributed by atoms with van der Waals surface area (Å²) in [5.74, 6) is -1.70. The van der Waals surface area contributed by atoms with Crippen LogP contribution in [0.4, 0.5) is 0 Å². The van der Waals surface area contributed by atoms with Gasteiger partial charge in [-0.25, -0.2) is 9.29 Å². The fraction of sp³-hybridized carbons (Fsp3) is 0.417. The minimum Gasteiger partial charge on any atom is -0.481 e. The van der Waals surface area contributed by atoms with Crippen molar-refractivity contribution in [3.63, 3.8) is 0 Å². The first-order chi connectivity index (χ1) is 9.18. The summed E-state index contributed by atoms with van der Waals surface area (Å²) in [6.07, 6.45) is 1.33. The van der Waals surface area contributed by atoms with E-state index >= 15 is 0 Å². The zero-order valence-electron chi connectivity index (χ0n) is 11.0. The molecule has 1 aromatic heterocycles. The maximum atomic E-state index is 12.2. The number of carbonyl (C=O) groups excluding carboxylic acids is 1. The van der Waals surface area contributed by atoms with Crippen molar-refractivity contribution < 1.29 is 23.1 Å². The predicted octanol–water partition coefficient (Wildman–Crippen LogP) is 0.727. The Morgan fingerprint density at radius 1 is 1.45 bits per heavy atom. The fourth-order valence-corrected chi connectivity index (χ4v) is 3.30. The molecule has 2 heterocycles. The molecular weight excluding hydrogens is 284 g/mol. The molecule has 1 amide bonds. The molecule has 1 aliphatic heterocycles. The molecule has 1 N–H and O–H groups in total. The topological polar surface area (TPSA) is 105 Å². The zero-order valence-corrected chi connectivity index (χ0v) is 11.8. The Morgan fingerprint density at radius 3 is 2.65 bits per heavy atom. The maximum absolute atomic E-state index is 12.2. The molecule has 0 unspecified atom stereocenters. The van der Waals surface area contributed by atoms with E-state index in [1.54, 1.807) is 0 Å². The van der Waals surface area contributed by atoms with Gasteiger partial charge in [0.1, 0.15) is 0 Å². The first kappa shape index (κ1) is 14.4. The van der Waals surface area contributed by atoms with Crippen LogP contribution in [0.5, 0.6) is 0 Å². The summed E-state index contributed by atoms with van der Waals surface area (Å²) in [5.41, 5.74) is -1.08. The van der Waals surface area contributed by atoms with Crippen LogP contribution >= 0.6 is 0 Å². The standard InChI is InChI=1S/C12H14N2O5S/c1-12(2,11(16)17)5-7-14-10(15)8-4-3-6-13-9(8)20(14,18)19/h3-4,6H,5,7H2,1-2H3,(H,16,17). The van der Waals surface area contributed by atoms with Gasteiger partial charge >= 0.3 is 5.97 Å². The number of aliphatic carboxylic acids is 1. The Balaban J connectivity index is 2.29. The Morgan fingerprint density at radius 2 is 2.10 bits per heavy atom. The molecule has 0 bridgehead atoms. The summed E-state index contributed by atoms with van der Waals surface area (Å²) in [6.45, 7) is 2.78. The molecule has 0 aromatic carbocycles. The summed E-state index contributed by atoms with van der Waals surface area (Å²) >= 11 is 0. The van der Waals surface area contributed by atoms with Crippen molar-refractivity contribution in [3.05, 3.63) is 23.9 Å². The van der Waals surface area contributed by atoms with Crippen molar-refractivity contribution in [3.8, 4) is 0 Å². The van der Waals surface area contributed by atoms with E-state index in [1.165, 1.54) is 32.2 Å². The number of pyridine rings is 1.